The molecule has 2 aromatic carbocycles. The molecule has 1 aromatic heterocycles. The number of hydrogen-bond donors (Lipinski definition) is 1. The number of amides is 1. The van der Waals surface area contributed by atoms with Gasteiger partial charge >= 0.3 is 12.1 Å². The predicted molar refractivity (Wildman–Crippen MR) is 111 cm³/mol. The zero-order chi connectivity index (χ0) is 22.8. The van der Waals surface area contributed by atoms with Gasteiger partial charge in [-0.2, -0.15) is 13.2 Å². The minimum absolute atomic E-state index is 0.0478. The number of esters is 1. The molecule has 3 rings (SSSR count). The third kappa shape index (κ3) is 4.63. The smallest absolute Gasteiger partial charge is 0.418 e. The number of halogens is 3. The minimum Gasteiger partial charge on any atom is -0.462 e. The molecule has 3 aromatic rings. The molecule has 0 aliphatic heterocycles. The highest BCUT2D eigenvalue weighted by atomic mass is 19.4. The van der Waals surface area contributed by atoms with Gasteiger partial charge in [-0.25, -0.2) is 4.79 Å². The van der Waals surface area contributed by atoms with Gasteiger partial charge in [-0.15, -0.1) is 0 Å². The van der Waals surface area contributed by atoms with Crippen molar-refractivity contribution in [3.8, 4) is 5.69 Å². The maximum Gasteiger partial charge on any atom is 0.418 e. The number of ether oxygens (including phenoxy) is 1. The Morgan fingerprint density at radius 1 is 1.03 bits per heavy atom. The summed E-state index contributed by atoms with van der Waals surface area (Å²) >= 11 is 0. The van der Waals surface area contributed by atoms with Gasteiger partial charge in [0.25, 0.3) is 5.91 Å². The molecule has 0 fully saturated rings. The molecule has 1 amide bonds. The number of hydrogen-bond acceptors (Lipinski definition) is 3. The number of carbonyl (C=O) groups is 2. The van der Waals surface area contributed by atoms with E-state index in [0.29, 0.717) is 17.1 Å². The molecule has 31 heavy (non-hydrogen) atoms. The number of carbonyl (C=O) groups excluding carboxylic acids is 2. The Bertz CT molecular complexity index is 1130. The van der Waals surface area contributed by atoms with Crippen LogP contribution in [0.15, 0.2) is 54.6 Å². The van der Waals surface area contributed by atoms with Gasteiger partial charge in [-0.05, 0) is 57.2 Å². The van der Waals surface area contributed by atoms with E-state index in [4.69, 9.17) is 4.74 Å². The van der Waals surface area contributed by atoms with Crippen molar-refractivity contribution in [1.82, 2.24) is 4.57 Å². The van der Waals surface area contributed by atoms with Crippen molar-refractivity contribution in [2.45, 2.75) is 26.9 Å². The molecule has 5 nitrogen and oxygen atoms in total. The molecule has 0 spiro atoms. The van der Waals surface area contributed by atoms with Crippen molar-refractivity contribution >= 4 is 17.6 Å². The molecule has 0 unspecified atom stereocenters. The number of para-hydroxylation sites is 1. The highest BCUT2D eigenvalue weighted by Gasteiger charge is 2.34. The van der Waals surface area contributed by atoms with E-state index in [1.54, 1.807) is 39.0 Å². The van der Waals surface area contributed by atoms with Crippen LogP contribution < -0.4 is 5.32 Å². The number of benzene rings is 2. The van der Waals surface area contributed by atoms with Crippen LogP contribution in [0.2, 0.25) is 0 Å². The van der Waals surface area contributed by atoms with Gasteiger partial charge in [-0.3, -0.25) is 4.79 Å². The second-order valence-electron chi connectivity index (χ2n) is 6.89. The van der Waals surface area contributed by atoms with Crippen molar-refractivity contribution in [3.05, 3.63) is 82.7 Å². The highest BCUT2D eigenvalue weighted by Crippen LogP contribution is 2.35. The largest absolute Gasteiger partial charge is 0.462 e. The Morgan fingerprint density at radius 3 is 2.42 bits per heavy atom. The molecule has 0 saturated carbocycles. The first-order chi connectivity index (χ1) is 14.6. The van der Waals surface area contributed by atoms with Crippen LogP contribution in [-0.2, 0) is 10.9 Å². The lowest BCUT2D eigenvalue weighted by atomic mass is 10.1. The highest BCUT2D eigenvalue weighted by molar-refractivity contribution is 6.06. The molecule has 162 valence electrons. The Hall–Kier alpha value is -3.55. The normalized spacial score (nSPS) is 11.3. The van der Waals surface area contributed by atoms with Gasteiger partial charge < -0.3 is 14.6 Å². The molecule has 8 heteroatoms. The maximum absolute atomic E-state index is 13.5. The number of aryl methyl sites for hydroxylation is 1. The summed E-state index contributed by atoms with van der Waals surface area (Å²) in [5.41, 5.74) is 0.906. The van der Waals surface area contributed by atoms with E-state index in [-0.39, 0.29) is 23.4 Å². The molecule has 1 heterocycles. The molecule has 0 atom stereocenters. The predicted octanol–water partition coefficient (Wildman–Crippen LogP) is 5.54. The van der Waals surface area contributed by atoms with E-state index in [0.717, 1.165) is 6.07 Å². The monoisotopic (exact) mass is 430 g/mol. The first-order valence-corrected chi connectivity index (χ1v) is 9.57. The summed E-state index contributed by atoms with van der Waals surface area (Å²) in [7, 11) is 0. The lowest BCUT2D eigenvalue weighted by Crippen LogP contribution is -2.15. The van der Waals surface area contributed by atoms with Crippen LogP contribution in [0.25, 0.3) is 5.69 Å². The van der Waals surface area contributed by atoms with Crippen molar-refractivity contribution < 1.29 is 27.5 Å². The van der Waals surface area contributed by atoms with Crippen LogP contribution in [0.4, 0.5) is 18.9 Å². The minimum atomic E-state index is -4.53. The maximum atomic E-state index is 13.5. The molecular weight excluding hydrogens is 409 g/mol. The lowest BCUT2D eigenvalue weighted by Gasteiger charge is -2.16. The van der Waals surface area contributed by atoms with Gasteiger partial charge in [0.1, 0.15) is 0 Å². The van der Waals surface area contributed by atoms with Gasteiger partial charge in [0.15, 0.2) is 0 Å². The second kappa shape index (κ2) is 8.67. The average Bonchev–Trinajstić information content (AvgIpc) is 3.02. The van der Waals surface area contributed by atoms with Gasteiger partial charge in [-0.1, -0.05) is 18.2 Å². The van der Waals surface area contributed by atoms with Crippen molar-refractivity contribution in [3.63, 3.8) is 0 Å². The molecule has 1 N–H and O–H groups in total. The summed E-state index contributed by atoms with van der Waals surface area (Å²) < 4.78 is 46.8. The fourth-order valence-electron chi connectivity index (χ4n) is 3.41. The number of aromatic nitrogens is 1. The van der Waals surface area contributed by atoms with Crippen LogP contribution in [0.1, 0.15) is 44.6 Å². The zero-order valence-corrected chi connectivity index (χ0v) is 17.2. The van der Waals surface area contributed by atoms with E-state index in [1.807, 2.05) is 0 Å². The summed E-state index contributed by atoms with van der Waals surface area (Å²) in [4.78, 5) is 24.8. The molecule has 0 aliphatic rings. The lowest BCUT2D eigenvalue weighted by molar-refractivity contribution is -0.137. The Labute approximate surface area is 177 Å². The third-order valence-electron chi connectivity index (χ3n) is 4.76. The number of nitrogens with zero attached hydrogens (tertiary/aromatic N) is 1. The van der Waals surface area contributed by atoms with Gasteiger partial charge in [0.2, 0.25) is 0 Å². The fourth-order valence-corrected chi connectivity index (χ4v) is 3.41. The quantitative estimate of drug-likeness (QED) is 0.541. The topological polar surface area (TPSA) is 60.3 Å². The summed E-state index contributed by atoms with van der Waals surface area (Å²) in [6, 6.07) is 13.0. The van der Waals surface area contributed by atoms with Gasteiger partial charge in [0.05, 0.1) is 29.0 Å². The van der Waals surface area contributed by atoms with Crippen LogP contribution >= 0.6 is 0 Å². The zero-order valence-electron chi connectivity index (χ0n) is 17.2. The van der Waals surface area contributed by atoms with E-state index >= 15 is 0 Å². The number of anilines is 1. The van der Waals surface area contributed by atoms with E-state index in [2.05, 4.69) is 5.32 Å². The number of rotatable bonds is 5. The van der Waals surface area contributed by atoms with Crippen molar-refractivity contribution in [2.75, 3.05) is 11.9 Å². The van der Waals surface area contributed by atoms with Crippen LogP contribution in [0.3, 0.4) is 0 Å². The standard InChI is InChI=1S/C23H21F3N2O3/c1-4-31-22(30)16-8-7-9-17(13-16)27-21(29)18-12-14(2)28(15(18)3)20-11-6-5-10-19(20)23(24,25)26/h5-13H,4H2,1-3H3,(H,27,29). The second-order valence-corrected chi connectivity index (χ2v) is 6.89. The molecule has 0 aliphatic carbocycles. The summed E-state index contributed by atoms with van der Waals surface area (Å²) in [6.45, 7) is 5.14. The fraction of sp³-hybridized carbons (Fsp3) is 0.217. The average molecular weight is 430 g/mol. The van der Waals surface area contributed by atoms with Crippen LogP contribution in [0, 0.1) is 13.8 Å². The van der Waals surface area contributed by atoms with Crippen LogP contribution in [0.5, 0.6) is 0 Å². The molecular formula is C23H21F3N2O3. The van der Waals surface area contributed by atoms with Gasteiger partial charge in [0, 0.05) is 17.1 Å². The summed E-state index contributed by atoms with van der Waals surface area (Å²) in [6.07, 6.45) is -4.53. The summed E-state index contributed by atoms with van der Waals surface area (Å²) in [5.74, 6) is -1.01. The van der Waals surface area contributed by atoms with E-state index < -0.39 is 23.6 Å². The SMILES string of the molecule is CCOC(=O)c1cccc(NC(=O)c2cc(C)n(-c3ccccc3C(F)(F)F)c2C)c1. The summed E-state index contributed by atoms with van der Waals surface area (Å²) in [5, 5.41) is 2.69. The Morgan fingerprint density at radius 2 is 1.74 bits per heavy atom. The number of nitrogens with one attached hydrogen (secondary N) is 1. The van der Waals surface area contributed by atoms with E-state index in [9.17, 15) is 22.8 Å². The molecule has 0 bridgehead atoms. The van der Waals surface area contributed by atoms with Crippen molar-refractivity contribution in [1.29, 1.82) is 0 Å². The van der Waals surface area contributed by atoms with Crippen molar-refractivity contribution in [2.24, 2.45) is 0 Å². The first-order valence-electron chi connectivity index (χ1n) is 9.57. The Balaban J connectivity index is 1.94. The molecule has 0 radical (unpaired) electrons. The molecule has 0 saturated heterocycles. The number of alkyl halides is 3. The Kier molecular flexibility index (Phi) is 6.19. The third-order valence-corrected chi connectivity index (χ3v) is 4.76. The van der Waals surface area contributed by atoms with Crippen LogP contribution in [-0.4, -0.2) is 23.1 Å². The van der Waals surface area contributed by atoms with E-state index in [1.165, 1.54) is 34.9 Å². The first kappa shape index (κ1) is 22.1.